The number of carboxylic acids is 1. The second kappa shape index (κ2) is 2.90. The number of hydrogen-bond donors (Lipinski definition) is 2. The highest BCUT2D eigenvalue weighted by Crippen LogP contribution is 2.19. The van der Waals surface area contributed by atoms with Crippen LogP contribution in [0, 0.1) is 0 Å². The average molecular weight is 176 g/mol. The van der Waals surface area contributed by atoms with Gasteiger partial charge in [0, 0.05) is 12.7 Å². The first kappa shape index (κ1) is 7.79. The van der Waals surface area contributed by atoms with E-state index in [1.807, 2.05) is 12.2 Å². The van der Waals surface area contributed by atoms with Gasteiger partial charge in [0.05, 0.1) is 16.9 Å². The average Bonchev–Trinajstić information content (AvgIpc) is 2.17. The standard InChI is InChI=1S/C9H8N2O2/c12-9(13)6-4-8-7(11-5-6)2-1-3-10-8/h1-2,4-5,10H,3H2,(H,12,13). The maximum absolute atomic E-state index is 10.6. The second-order valence-corrected chi connectivity index (χ2v) is 2.75. The predicted octanol–water partition coefficient (Wildman–Crippen LogP) is 1.22. The molecule has 2 N–H and O–H groups in total. The molecular weight excluding hydrogens is 168 g/mol. The highest BCUT2D eigenvalue weighted by atomic mass is 16.4. The van der Waals surface area contributed by atoms with Gasteiger partial charge in [0.2, 0.25) is 0 Å². The Morgan fingerprint density at radius 2 is 2.46 bits per heavy atom. The van der Waals surface area contributed by atoms with Crippen LogP contribution in [0.1, 0.15) is 16.1 Å². The van der Waals surface area contributed by atoms with Crippen molar-refractivity contribution in [3.63, 3.8) is 0 Å². The van der Waals surface area contributed by atoms with Crippen LogP contribution < -0.4 is 5.32 Å². The minimum Gasteiger partial charge on any atom is -0.478 e. The third kappa shape index (κ3) is 1.38. The Hall–Kier alpha value is -1.84. The molecule has 0 spiro atoms. The van der Waals surface area contributed by atoms with Crippen molar-refractivity contribution in [1.29, 1.82) is 0 Å². The SMILES string of the molecule is O=C(O)c1cnc2c(c1)NCC=C2. The molecule has 66 valence electrons. The molecule has 0 saturated heterocycles. The van der Waals surface area contributed by atoms with Crippen LogP contribution in [0.3, 0.4) is 0 Å². The Balaban J connectivity index is 2.48. The Bertz CT molecular complexity index is 385. The van der Waals surface area contributed by atoms with Crippen LogP contribution >= 0.6 is 0 Å². The summed E-state index contributed by atoms with van der Waals surface area (Å²) in [4.78, 5) is 14.6. The monoisotopic (exact) mass is 176 g/mol. The summed E-state index contributed by atoms with van der Waals surface area (Å²) in [5.41, 5.74) is 1.78. The van der Waals surface area contributed by atoms with E-state index in [1.165, 1.54) is 6.20 Å². The third-order valence-corrected chi connectivity index (χ3v) is 1.85. The molecule has 1 aliphatic rings. The first-order valence-corrected chi connectivity index (χ1v) is 3.91. The fraction of sp³-hybridized carbons (Fsp3) is 0.111. The molecule has 0 radical (unpaired) electrons. The van der Waals surface area contributed by atoms with Gasteiger partial charge in [-0.15, -0.1) is 0 Å². The molecule has 4 nitrogen and oxygen atoms in total. The van der Waals surface area contributed by atoms with Crippen molar-refractivity contribution in [3.05, 3.63) is 29.6 Å². The summed E-state index contributed by atoms with van der Waals surface area (Å²) in [6, 6.07) is 1.59. The number of nitrogens with one attached hydrogen (secondary N) is 1. The number of pyridine rings is 1. The topological polar surface area (TPSA) is 62.2 Å². The van der Waals surface area contributed by atoms with E-state index in [0.717, 1.165) is 17.9 Å². The number of nitrogens with zero attached hydrogens (tertiary/aromatic N) is 1. The van der Waals surface area contributed by atoms with Gasteiger partial charge >= 0.3 is 5.97 Å². The van der Waals surface area contributed by atoms with Gasteiger partial charge in [-0.05, 0) is 12.1 Å². The van der Waals surface area contributed by atoms with Gasteiger partial charge in [0.15, 0.2) is 0 Å². The molecule has 1 aromatic rings. The maximum atomic E-state index is 10.6. The van der Waals surface area contributed by atoms with Crippen molar-refractivity contribution in [2.75, 3.05) is 11.9 Å². The summed E-state index contributed by atoms with van der Waals surface area (Å²) in [6.07, 6.45) is 5.17. The van der Waals surface area contributed by atoms with E-state index in [2.05, 4.69) is 10.3 Å². The maximum Gasteiger partial charge on any atom is 0.337 e. The summed E-state index contributed by atoms with van der Waals surface area (Å²) < 4.78 is 0. The number of carbonyl (C=O) groups is 1. The van der Waals surface area contributed by atoms with Crippen molar-refractivity contribution in [3.8, 4) is 0 Å². The largest absolute Gasteiger partial charge is 0.478 e. The van der Waals surface area contributed by atoms with E-state index in [1.54, 1.807) is 6.07 Å². The molecule has 13 heavy (non-hydrogen) atoms. The lowest BCUT2D eigenvalue weighted by atomic mass is 10.2. The zero-order chi connectivity index (χ0) is 9.26. The van der Waals surface area contributed by atoms with Gasteiger partial charge in [-0.25, -0.2) is 4.79 Å². The van der Waals surface area contributed by atoms with E-state index >= 15 is 0 Å². The van der Waals surface area contributed by atoms with Crippen molar-refractivity contribution in [2.45, 2.75) is 0 Å². The molecule has 0 unspecified atom stereocenters. The molecular formula is C9H8N2O2. The smallest absolute Gasteiger partial charge is 0.337 e. The molecule has 4 heteroatoms. The highest BCUT2D eigenvalue weighted by Gasteiger charge is 2.09. The normalized spacial score (nSPS) is 13.2. The number of rotatable bonds is 1. The third-order valence-electron chi connectivity index (χ3n) is 1.85. The molecule has 0 aromatic carbocycles. The summed E-state index contributed by atoms with van der Waals surface area (Å²) in [7, 11) is 0. The number of carboxylic acid groups (broad SMARTS) is 1. The fourth-order valence-corrected chi connectivity index (χ4v) is 1.21. The van der Waals surface area contributed by atoms with Crippen LogP contribution in [0.5, 0.6) is 0 Å². The zero-order valence-corrected chi connectivity index (χ0v) is 6.82. The second-order valence-electron chi connectivity index (χ2n) is 2.75. The minimum atomic E-state index is -0.952. The van der Waals surface area contributed by atoms with Crippen molar-refractivity contribution in [1.82, 2.24) is 4.98 Å². The molecule has 0 amide bonds. The van der Waals surface area contributed by atoms with Crippen molar-refractivity contribution < 1.29 is 9.90 Å². The number of anilines is 1. The summed E-state index contributed by atoms with van der Waals surface area (Å²) in [5.74, 6) is -0.952. The molecule has 1 aliphatic heterocycles. The van der Waals surface area contributed by atoms with E-state index in [-0.39, 0.29) is 5.56 Å². The fourth-order valence-electron chi connectivity index (χ4n) is 1.21. The van der Waals surface area contributed by atoms with E-state index in [9.17, 15) is 4.79 Å². The van der Waals surface area contributed by atoms with E-state index in [0.29, 0.717) is 0 Å². The van der Waals surface area contributed by atoms with Crippen LogP contribution in [0.15, 0.2) is 18.3 Å². The van der Waals surface area contributed by atoms with Crippen LogP contribution in [0.25, 0.3) is 6.08 Å². The first-order chi connectivity index (χ1) is 6.27. The Kier molecular flexibility index (Phi) is 1.73. The lowest BCUT2D eigenvalue weighted by Gasteiger charge is -2.11. The molecule has 2 heterocycles. The number of hydrogen-bond acceptors (Lipinski definition) is 3. The summed E-state index contributed by atoms with van der Waals surface area (Å²) >= 11 is 0. The molecule has 0 fully saturated rings. The first-order valence-electron chi connectivity index (χ1n) is 3.91. The molecule has 1 aromatic heterocycles. The molecule has 0 aliphatic carbocycles. The molecule has 0 saturated carbocycles. The predicted molar refractivity (Wildman–Crippen MR) is 48.7 cm³/mol. The van der Waals surface area contributed by atoms with Crippen LogP contribution in [0.2, 0.25) is 0 Å². The minimum absolute atomic E-state index is 0.210. The Morgan fingerprint density at radius 3 is 3.23 bits per heavy atom. The van der Waals surface area contributed by atoms with Crippen LogP contribution in [0.4, 0.5) is 5.69 Å². The van der Waals surface area contributed by atoms with Gasteiger partial charge in [0.1, 0.15) is 0 Å². The Morgan fingerprint density at radius 1 is 1.62 bits per heavy atom. The summed E-state index contributed by atoms with van der Waals surface area (Å²) in [5, 5.41) is 11.7. The van der Waals surface area contributed by atoms with E-state index < -0.39 is 5.97 Å². The van der Waals surface area contributed by atoms with Crippen molar-refractivity contribution >= 4 is 17.7 Å². The Labute approximate surface area is 74.9 Å². The lowest BCUT2D eigenvalue weighted by Crippen LogP contribution is -2.08. The molecule has 0 bridgehead atoms. The lowest BCUT2D eigenvalue weighted by molar-refractivity contribution is 0.0696. The number of aromatic nitrogens is 1. The molecule has 2 rings (SSSR count). The van der Waals surface area contributed by atoms with E-state index in [4.69, 9.17) is 5.11 Å². The quantitative estimate of drug-likeness (QED) is 0.675. The van der Waals surface area contributed by atoms with Gasteiger partial charge in [-0.3, -0.25) is 4.98 Å². The number of aromatic carboxylic acids is 1. The van der Waals surface area contributed by atoms with Gasteiger partial charge in [-0.2, -0.15) is 0 Å². The van der Waals surface area contributed by atoms with Crippen molar-refractivity contribution in [2.24, 2.45) is 0 Å². The van der Waals surface area contributed by atoms with Gasteiger partial charge in [0.25, 0.3) is 0 Å². The number of fused-ring (bicyclic) bond motifs is 1. The molecule has 0 atom stereocenters. The summed E-state index contributed by atoms with van der Waals surface area (Å²) in [6.45, 7) is 0.720. The highest BCUT2D eigenvalue weighted by molar-refractivity contribution is 5.89. The zero-order valence-electron chi connectivity index (χ0n) is 6.82. The van der Waals surface area contributed by atoms with Gasteiger partial charge < -0.3 is 10.4 Å². The van der Waals surface area contributed by atoms with Crippen LogP contribution in [-0.2, 0) is 0 Å². The van der Waals surface area contributed by atoms with Crippen LogP contribution in [-0.4, -0.2) is 22.6 Å². The van der Waals surface area contributed by atoms with Gasteiger partial charge in [-0.1, -0.05) is 6.08 Å².